The third-order valence-corrected chi connectivity index (χ3v) is 3.66. The first-order valence-electron chi connectivity index (χ1n) is 3.70. The molecule has 0 saturated heterocycles. The number of hydrogen-bond acceptors (Lipinski definition) is 2. The summed E-state index contributed by atoms with van der Waals surface area (Å²) in [5, 5.41) is 7.95. The van der Waals surface area contributed by atoms with Crippen molar-refractivity contribution in [3.8, 4) is 0 Å². The minimum Gasteiger partial charge on any atom is -0.144 e. The van der Waals surface area contributed by atoms with Crippen LogP contribution in [-0.4, -0.2) is 0 Å². The van der Waals surface area contributed by atoms with Gasteiger partial charge in [-0.25, -0.2) is 0 Å². The Hall–Kier alpha value is -0.860. The van der Waals surface area contributed by atoms with E-state index in [0.717, 1.165) is 0 Å². The van der Waals surface area contributed by atoms with E-state index in [1.807, 2.05) is 0 Å². The van der Waals surface area contributed by atoms with Gasteiger partial charge in [0.05, 0.1) is 0 Å². The molecule has 2 aromatic heterocycles. The predicted octanol–water partition coefficient (Wildman–Crippen LogP) is 3.92. The molecule has 3 rings (SSSR count). The minimum atomic E-state index is 1.31. The zero-order valence-electron chi connectivity index (χ0n) is 6.20. The highest BCUT2D eigenvalue weighted by Gasteiger charge is 1.98. The van der Waals surface area contributed by atoms with Gasteiger partial charge in [-0.05, 0) is 40.4 Å². The Morgan fingerprint density at radius 2 is 2.00 bits per heavy atom. The van der Waals surface area contributed by atoms with Crippen molar-refractivity contribution in [2.45, 2.75) is 0 Å². The summed E-state index contributed by atoms with van der Waals surface area (Å²) < 4.78 is 2.70. The molecule has 0 aliphatic carbocycles. The molecule has 0 aliphatic heterocycles. The third kappa shape index (κ3) is 0.822. The molecular weight excluding hydrogens is 184 g/mol. The van der Waals surface area contributed by atoms with Crippen molar-refractivity contribution in [1.82, 2.24) is 0 Å². The smallest absolute Gasteiger partial charge is 0.0455 e. The molecule has 0 bridgehead atoms. The molecule has 0 nitrogen and oxygen atoms in total. The molecule has 0 atom stereocenters. The van der Waals surface area contributed by atoms with E-state index in [-0.39, 0.29) is 0 Å². The maximum atomic E-state index is 3.15. The lowest BCUT2D eigenvalue weighted by Crippen LogP contribution is -1.61. The highest BCUT2D eigenvalue weighted by atomic mass is 32.1. The Labute approximate surface area is 78.1 Å². The van der Waals surface area contributed by atoms with Crippen LogP contribution >= 0.6 is 22.7 Å². The summed E-state index contributed by atoms with van der Waals surface area (Å²) in [4.78, 5) is 0. The first-order valence-corrected chi connectivity index (χ1v) is 5.40. The maximum Gasteiger partial charge on any atom is 0.0455 e. The normalized spacial score (nSPS) is 11.3. The van der Waals surface area contributed by atoms with Gasteiger partial charge in [0.15, 0.2) is 0 Å². The highest BCUT2D eigenvalue weighted by Crippen LogP contribution is 2.29. The monoisotopic (exact) mass is 189 g/mol. The zero-order valence-corrected chi connectivity index (χ0v) is 7.84. The van der Waals surface area contributed by atoms with Crippen LogP contribution in [0.25, 0.3) is 20.2 Å². The van der Waals surface area contributed by atoms with E-state index in [4.69, 9.17) is 0 Å². The standard InChI is InChI=1S/C10H5S2/c1-3-11-9-6-8-2-4-12-10(8)5-7(1)9/h1-3,5-6H. The average molecular weight is 189 g/mol. The van der Waals surface area contributed by atoms with Crippen LogP contribution in [0.15, 0.2) is 29.6 Å². The minimum absolute atomic E-state index is 1.31. The quantitative estimate of drug-likeness (QED) is 0.503. The van der Waals surface area contributed by atoms with Gasteiger partial charge in [0, 0.05) is 14.8 Å². The van der Waals surface area contributed by atoms with Crippen LogP contribution in [0.3, 0.4) is 0 Å². The largest absolute Gasteiger partial charge is 0.144 e. The number of hydrogen-bond donors (Lipinski definition) is 0. The molecule has 0 spiro atoms. The Balaban J connectivity index is 2.62. The number of benzene rings is 1. The summed E-state index contributed by atoms with van der Waals surface area (Å²) in [7, 11) is 0. The van der Waals surface area contributed by atoms with Crippen LogP contribution in [0.5, 0.6) is 0 Å². The van der Waals surface area contributed by atoms with Gasteiger partial charge in [-0.1, -0.05) is 0 Å². The molecule has 1 aromatic carbocycles. The molecule has 12 heavy (non-hydrogen) atoms. The summed E-state index contributed by atoms with van der Waals surface area (Å²) in [5.41, 5.74) is 0. The lowest BCUT2D eigenvalue weighted by molar-refractivity contribution is 2.03. The molecule has 2 heterocycles. The van der Waals surface area contributed by atoms with E-state index in [2.05, 4.69) is 35.0 Å². The van der Waals surface area contributed by atoms with Crippen molar-refractivity contribution in [2.75, 3.05) is 0 Å². The molecule has 0 saturated carbocycles. The summed E-state index contributed by atoms with van der Waals surface area (Å²) in [6.45, 7) is 0. The molecule has 0 fully saturated rings. The molecule has 0 amide bonds. The summed E-state index contributed by atoms with van der Waals surface area (Å²) in [6, 6.07) is 8.70. The van der Waals surface area contributed by atoms with E-state index in [0.29, 0.717) is 0 Å². The van der Waals surface area contributed by atoms with Gasteiger partial charge in [-0.2, -0.15) is 0 Å². The number of rotatable bonds is 0. The van der Waals surface area contributed by atoms with Crippen molar-refractivity contribution in [3.63, 3.8) is 0 Å². The fourth-order valence-electron chi connectivity index (χ4n) is 1.36. The molecule has 3 aromatic rings. The molecule has 2 heteroatoms. The Bertz CT molecular complexity index is 440. The zero-order chi connectivity index (χ0) is 7.97. The summed E-state index contributed by atoms with van der Waals surface area (Å²) >= 11 is 3.48. The molecule has 0 unspecified atom stereocenters. The Morgan fingerprint density at radius 1 is 1.08 bits per heavy atom. The van der Waals surface area contributed by atoms with E-state index >= 15 is 0 Å². The van der Waals surface area contributed by atoms with Crippen LogP contribution < -0.4 is 0 Å². The number of thiophene rings is 2. The first kappa shape index (κ1) is 6.63. The predicted molar refractivity (Wildman–Crippen MR) is 56.0 cm³/mol. The van der Waals surface area contributed by atoms with Gasteiger partial charge < -0.3 is 0 Å². The van der Waals surface area contributed by atoms with Crippen molar-refractivity contribution < 1.29 is 0 Å². The second kappa shape index (κ2) is 2.31. The maximum absolute atomic E-state index is 3.15. The average Bonchev–Trinajstić information content (AvgIpc) is 2.64. The van der Waals surface area contributed by atoms with Crippen LogP contribution in [-0.2, 0) is 0 Å². The lowest BCUT2D eigenvalue weighted by Gasteiger charge is -1.89. The number of fused-ring (bicyclic) bond motifs is 2. The van der Waals surface area contributed by atoms with Crippen molar-refractivity contribution in [2.24, 2.45) is 0 Å². The fraction of sp³-hybridized carbons (Fsp3) is 0. The van der Waals surface area contributed by atoms with Crippen molar-refractivity contribution in [3.05, 3.63) is 35.0 Å². The van der Waals surface area contributed by atoms with Crippen molar-refractivity contribution >= 4 is 42.8 Å². The van der Waals surface area contributed by atoms with Gasteiger partial charge in [0.25, 0.3) is 0 Å². The Morgan fingerprint density at radius 3 is 3.00 bits per heavy atom. The van der Waals surface area contributed by atoms with E-state index in [1.54, 1.807) is 22.7 Å². The van der Waals surface area contributed by atoms with Crippen molar-refractivity contribution in [1.29, 1.82) is 0 Å². The lowest BCUT2D eigenvalue weighted by atomic mass is 10.2. The second-order valence-electron chi connectivity index (χ2n) is 2.71. The second-order valence-corrected chi connectivity index (χ2v) is 4.54. The van der Waals surface area contributed by atoms with E-state index < -0.39 is 0 Å². The van der Waals surface area contributed by atoms with Gasteiger partial charge in [-0.3, -0.25) is 0 Å². The molecular formula is C10H5S2. The third-order valence-electron chi connectivity index (χ3n) is 1.97. The van der Waals surface area contributed by atoms with E-state index in [9.17, 15) is 0 Å². The molecule has 0 N–H and O–H groups in total. The Kier molecular flexibility index (Phi) is 1.28. The fourth-order valence-corrected chi connectivity index (χ4v) is 2.92. The molecule has 1 radical (unpaired) electrons. The van der Waals surface area contributed by atoms with Crippen LogP contribution in [0.4, 0.5) is 0 Å². The van der Waals surface area contributed by atoms with Gasteiger partial charge in [0.1, 0.15) is 0 Å². The van der Waals surface area contributed by atoms with Crippen LogP contribution in [0.1, 0.15) is 0 Å². The summed E-state index contributed by atoms with van der Waals surface area (Å²) in [5.74, 6) is 0. The van der Waals surface area contributed by atoms with Crippen LogP contribution in [0, 0.1) is 5.38 Å². The molecule has 57 valence electrons. The highest BCUT2D eigenvalue weighted by molar-refractivity contribution is 7.18. The van der Waals surface area contributed by atoms with Gasteiger partial charge in [-0.15, -0.1) is 22.7 Å². The first-order chi connectivity index (χ1) is 5.93. The topological polar surface area (TPSA) is 0 Å². The van der Waals surface area contributed by atoms with Gasteiger partial charge >= 0.3 is 0 Å². The van der Waals surface area contributed by atoms with E-state index in [1.165, 1.54) is 20.2 Å². The SMILES string of the molecule is [c]1cc2cc3sccc3cc2s1. The van der Waals surface area contributed by atoms with Gasteiger partial charge in [0.2, 0.25) is 0 Å². The molecule has 0 aliphatic rings. The summed E-state index contributed by atoms with van der Waals surface area (Å²) in [6.07, 6.45) is 0. The van der Waals surface area contributed by atoms with Crippen LogP contribution in [0.2, 0.25) is 0 Å².